The Labute approximate surface area is 174 Å². The number of aliphatic hydroxyl groups excluding tert-OH is 2. The van der Waals surface area contributed by atoms with Crippen LogP contribution in [0.4, 0.5) is 0 Å². The predicted molar refractivity (Wildman–Crippen MR) is 100 cm³/mol. The third-order valence-electron chi connectivity index (χ3n) is 6.85. The number of hydroxylamine groups is 2. The van der Waals surface area contributed by atoms with Crippen LogP contribution in [0.1, 0.15) is 53.4 Å². The first-order valence-corrected chi connectivity index (χ1v) is 9.97. The fourth-order valence-corrected chi connectivity index (χ4v) is 4.13. The second-order valence-electron chi connectivity index (χ2n) is 9.76. The van der Waals surface area contributed by atoms with Gasteiger partial charge >= 0.3 is 11.9 Å². The third-order valence-corrected chi connectivity index (χ3v) is 6.85. The normalized spacial score (nSPS) is 40.4. The summed E-state index contributed by atoms with van der Waals surface area (Å²) in [5.41, 5.74) is -4.92. The summed E-state index contributed by atoms with van der Waals surface area (Å²) in [6, 6.07) is 0. The van der Waals surface area contributed by atoms with Gasteiger partial charge in [0.1, 0.15) is 11.3 Å². The van der Waals surface area contributed by atoms with E-state index in [2.05, 4.69) is 21.6 Å². The molecular weight excluding hydrogens is 400 g/mol. The number of carbonyl (C=O) groups excluding carboxylic acids is 2. The number of aliphatic hydroxyl groups is 4. The molecule has 2 heterocycles. The minimum Gasteiger partial charge on any atom is -0.396 e. The van der Waals surface area contributed by atoms with E-state index in [1.54, 1.807) is 0 Å². The molecule has 4 atom stereocenters. The standard InChI is InChI=1S/C18H32N4O8/c1-13(2,9-23)17(27)11(25)29-21-15(19-17)7-5-6-8-16(15)20-18(28,12(26)30-22-16)14(3,4)10-24/h19-24,27-28H,5-10H2,1-4H3/t15-,16+,17+,18?/m0/s1. The van der Waals surface area contributed by atoms with Crippen molar-refractivity contribution < 1.29 is 39.7 Å². The smallest absolute Gasteiger partial charge is 0.373 e. The lowest BCUT2D eigenvalue weighted by molar-refractivity contribution is -0.283. The molecule has 3 rings (SSSR count). The maximum absolute atomic E-state index is 12.5. The van der Waals surface area contributed by atoms with E-state index in [1.165, 1.54) is 27.7 Å². The predicted octanol–water partition coefficient (Wildman–Crippen LogP) is -2.33. The van der Waals surface area contributed by atoms with Gasteiger partial charge in [-0.15, -0.1) is 11.0 Å². The molecule has 0 aromatic heterocycles. The second kappa shape index (κ2) is 7.07. The van der Waals surface area contributed by atoms with Crippen LogP contribution < -0.4 is 21.6 Å². The van der Waals surface area contributed by atoms with Crippen LogP contribution in [0, 0.1) is 10.8 Å². The van der Waals surface area contributed by atoms with Crippen LogP contribution >= 0.6 is 0 Å². The molecule has 30 heavy (non-hydrogen) atoms. The zero-order chi connectivity index (χ0) is 22.6. The van der Waals surface area contributed by atoms with E-state index < -0.39 is 58.8 Å². The van der Waals surface area contributed by atoms with E-state index in [0.717, 1.165) is 0 Å². The molecule has 2 aliphatic heterocycles. The molecule has 0 aromatic carbocycles. The molecule has 8 N–H and O–H groups in total. The van der Waals surface area contributed by atoms with Gasteiger partial charge in [-0.3, -0.25) is 10.6 Å². The van der Waals surface area contributed by atoms with Gasteiger partial charge in [-0.2, -0.15) is 0 Å². The van der Waals surface area contributed by atoms with E-state index in [9.17, 15) is 30.0 Å². The van der Waals surface area contributed by atoms with Crippen molar-refractivity contribution in [3.63, 3.8) is 0 Å². The van der Waals surface area contributed by atoms with Gasteiger partial charge < -0.3 is 30.1 Å². The molecule has 1 unspecified atom stereocenters. The van der Waals surface area contributed by atoms with Gasteiger partial charge in [0, 0.05) is 10.8 Å². The van der Waals surface area contributed by atoms with Crippen molar-refractivity contribution >= 4 is 11.9 Å². The number of hydrogen-bond donors (Lipinski definition) is 8. The fraction of sp³-hybridized carbons (Fsp3) is 0.889. The maximum atomic E-state index is 12.5. The number of nitrogens with one attached hydrogen (secondary N) is 4. The second-order valence-corrected chi connectivity index (χ2v) is 9.76. The highest BCUT2D eigenvalue weighted by Gasteiger charge is 2.70. The SMILES string of the molecule is CC(C)(CO)C1(O)N[C@]2(CCCC[C@]23NOC(=O)[C@@](O)(C(C)(C)CO)N3)NOC1=O. The van der Waals surface area contributed by atoms with Crippen LogP contribution in [0.2, 0.25) is 0 Å². The van der Waals surface area contributed by atoms with Gasteiger partial charge in [-0.1, -0.05) is 27.7 Å². The summed E-state index contributed by atoms with van der Waals surface area (Å²) in [5, 5.41) is 47.8. The van der Waals surface area contributed by atoms with Gasteiger partial charge in [0.15, 0.2) is 0 Å². The van der Waals surface area contributed by atoms with Crippen LogP contribution in [0.15, 0.2) is 0 Å². The van der Waals surface area contributed by atoms with Crippen molar-refractivity contribution in [3.05, 3.63) is 0 Å². The van der Waals surface area contributed by atoms with Gasteiger partial charge in [0.25, 0.3) is 0 Å². The highest BCUT2D eigenvalue weighted by Crippen LogP contribution is 2.45. The lowest BCUT2D eigenvalue weighted by Crippen LogP contribution is -2.93. The van der Waals surface area contributed by atoms with E-state index in [-0.39, 0.29) is 12.8 Å². The molecule has 12 heteroatoms. The highest BCUT2D eigenvalue weighted by atomic mass is 16.7. The molecule has 3 aliphatic rings. The van der Waals surface area contributed by atoms with Gasteiger partial charge in [-0.25, -0.2) is 9.59 Å². The first kappa shape index (κ1) is 23.3. The molecule has 3 fully saturated rings. The molecule has 2 saturated heterocycles. The molecule has 0 aromatic rings. The van der Waals surface area contributed by atoms with Crippen LogP contribution in [-0.2, 0) is 19.3 Å². The minimum absolute atomic E-state index is 0.289. The molecule has 12 nitrogen and oxygen atoms in total. The number of fused-ring (bicyclic) bond motifs is 1. The van der Waals surface area contributed by atoms with Crippen molar-refractivity contribution in [2.24, 2.45) is 10.8 Å². The van der Waals surface area contributed by atoms with Gasteiger partial charge in [-0.05, 0) is 25.7 Å². The lowest BCUT2D eigenvalue weighted by Gasteiger charge is -2.62. The van der Waals surface area contributed by atoms with Crippen molar-refractivity contribution in [2.45, 2.75) is 76.2 Å². The maximum Gasteiger partial charge on any atom is 0.373 e. The number of rotatable bonds is 4. The first-order valence-electron chi connectivity index (χ1n) is 9.97. The Morgan fingerprint density at radius 2 is 1.13 bits per heavy atom. The minimum atomic E-state index is -2.30. The van der Waals surface area contributed by atoms with Crippen LogP contribution in [0.25, 0.3) is 0 Å². The number of carbonyl (C=O) groups is 2. The summed E-state index contributed by atoms with van der Waals surface area (Å²) in [5.74, 6) is -2.07. The van der Waals surface area contributed by atoms with Crippen LogP contribution in [0.5, 0.6) is 0 Å². The van der Waals surface area contributed by atoms with Gasteiger partial charge in [0.2, 0.25) is 11.4 Å². The Morgan fingerprint density at radius 1 is 0.800 bits per heavy atom. The molecule has 1 saturated carbocycles. The zero-order valence-electron chi connectivity index (χ0n) is 17.7. The Balaban J connectivity index is 2.08. The van der Waals surface area contributed by atoms with Gasteiger partial charge in [0.05, 0.1) is 13.2 Å². The van der Waals surface area contributed by atoms with Crippen molar-refractivity contribution in [2.75, 3.05) is 13.2 Å². The Hall–Kier alpha value is -1.38. The molecule has 172 valence electrons. The molecular formula is C18H32N4O8. The average Bonchev–Trinajstić information content (AvgIpc) is 2.70. The Bertz CT molecular complexity index is 673. The van der Waals surface area contributed by atoms with Crippen molar-refractivity contribution in [3.8, 4) is 0 Å². The highest BCUT2D eigenvalue weighted by molar-refractivity contribution is 5.82. The third kappa shape index (κ3) is 2.98. The number of hydrogen-bond acceptors (Lipinski definition) is 12. The molecule has 1 aliphatic carbocycles. The van der Waals surface area contributed by atoms with Crippen molar-refractivity contribution in [1.29, 1.82) is 0 Å². The fourth-order valence-electron chi connectivity index (χ4n) is 4.13. The summed E-state index contributed by atoms with van der Waals surface area (Å²) in [6.07, 6.45) is 1.87. The lowest BCUT2D eigenvalue weighted by atomic mass is 9.71. The monoisotopic (exact) mass is 432 g/mol. The average molecular weight is 432 g/mol. The quantitative estimate of drug-likeness (QED) is 0.238. The summed E-state index contributed by atoms with van der Waals surface area (Å²) < 4.78 is 0. The summed E-state index contributed by atoms with van der Waals surface area (Å²) >= 11 is 0. The van der Waals surface area contributed by atoms with E-state index in [4.69, 9.17) is 9.68 Å². The van der Waals surface area contributed by atoms with Crippen molar-refractivity contribution in [1.82, 2.24) is 21.6 Å². The zero-order valence-corrected chi connectivity index (χ0v) is 17.7. The molecule has 0 radical (unpaired) electrons. The Kier molecular flexibility index (Phi) is 5.49. The summed E-state index contributed by atoms with van der Waals surface area (Å²) in [6.45, 7) is 4.88. The van der Waals surface area contributed by atoms with E-state index in [1.807, 2.05) is 0 Å². The Morgan fingerprint density at radius 3 is 1.43 bits per heavy atom. The van der Waals surface area contributed by atoms with Crippen LogP contribution in [0.3, 0.4) is 0 Å². The molecule has 0 bridgehead atoms. The van der Waals surface area contributed by atoms with E-state index >= 15 is 0 Å². The van der Waals surface area contributed by atoms with Crippen LogP contribution in [-0.4, -0.2) is 68.4 Å². The topological polar surface area (TPSA) is 182 Å². The first-order chi connectivity index (χ1) is 13.7. The molecule has 0 amide bonds. The van der Waals surface area contributed by atoms with E-state index in [0.29, 0.717) is 12.8 Å². The largest absolute Gasteiger partial charge is 0.396 e. The molecule has 2 spiro atoms. The summed E-state index contributed by atoms with van der Waals surface area (Å²) in [7, 11) is 0. The summed E-state index contributed by atoms with van der Waals surface area (Å²) in [4.78, 5) is 35.3.